The first-order chi connectivity index (χ1) is 9.97. The molecule has 21 heavy (non-hydrogen) atoms. The van der Waals surface area contributed by atoms with Gasteiger partial charge in [0.2, 0.25) is 10.0 Å². The van der Waals surface area contributed by atoms with E-state index in [4.69, 9.17) is 5.73 Å². The largest absolute Gasteiger partial charge is 0.398 e. The Morgan fingerprint density at radius 1 is 1.05 bits per heavy atom. The van der Waals surface area contributed by atoms with Gasteiger partial charge in [0.15, 0.2) is 0 Å². The van der Waals surface area contributed by atoms with Crippen LogP contribution in [0.1, 0.15) is 52.0 Å². The number of aryl methyl sites for hydroxylation is 1. The van der Waals surface area contributed by atoms with E-state index in [0.717, 1.165) is 37.7 Å². The van der Waals surface area contributed by atoms with Crippen molar-refractivity contribution >= 4 is 15.7 Å². The van der Waals surface area contributed by atoms with Crippen molar-refractivity contribution in [3.05, 3.63) is 23.8 Å². The zero-order valence-corrected chi connectivity index (χ0v) is 14.2. The van der Waals surface area contributed by atoms with Gasteiger partial charge in [0, 0.05) is 18.8 Å². The molecular formula is C16H28N2O2S. The summed E-state index contributed by atoms with van der Waals surface area (Å²) >= 11 is 0. The van der Waals surface area contributed by atoms with Gasteiger partial charge in [-0.1, -0.05) is 39.7 Å². The van der Waals surface area contributed by atoms with E-state index in [1.54, 1.807) is 16.4 Å². The summed E-state index contributed by atoms with van der Waals surface area (Å²) in [6, 6.07) is 5.09. The maximum Gasteiger partial charge on any atom is 0.243 e. The molecule has 0 aromatic heterocycles. The van der Waals surface area contributed by atoms with Crippen molar-refractivity contribution in [1.82, 2.24) is 4.31 Å². The fourth-order valence-corrected chi connectivity index (χ4v) is 3.78. The molecule has 0 aliphatic rings. The summed E-state index contributed by atoms with van der Waals surface area (Å²) in [6.07, 6.45) is 4.53. The van der Waals surface area contributed by atoms with E-state index >= 15 is 0 Å². The molecule has 1 rings (SSSR count). The molecule has 1 aromatic rings. The maximum absolute atomic E-state index is 12.8. The van der Waals surface area contributed by atoms with Crippen LogP contribution in [0.4, 0.5) is 5.69 Å². The van der Waals surface area contributed by atoms with Crippen molar-refractivity contribution in [1.29, 1.82) is 0 Å². The fourth-order valence-electron chi connectivity index (χ4n) is 2.23. The number of rotatable bonds is 9. The number of nitrogens with two attached hydrogens (primary N) is 1. The molecule has 1 aromatic carbocycles. The van der Waals surface area contributed by atoms with Crippen molar-refractivity contribution in [2.45, 2.75) is 57.8 Å². The molecule has 0 spiro atoms. The number of nitrogens with zero attached hydrogens (tertiary/aromatic N) is 1. The molecule has 0 saturated carbocycles. The van der Waals surface area contributed by atoms with Gasteiger partial charge in [-0.05, 0) is 37.0 Å². The zero-order valence-electron chi connectivity index (χ0n) is 13.4. The lowest BCUT2D eigenvalue weighted by Crippen LogP contribution is -2.33. The molecule has 0 amide bonds. The Kier molecular flexibility index (Phi) is 7.18. The van der Waals surface area contributed by atoms with E-state index in [9.17, 15) is 8.42 Å². The normalized spacial score (nSPS) is 12.0. The summed E-state index contributed by atoms with van der Waals surface area (Å²) in [7, 11) is -3.44. The summed E-state index contributed by atoms with van der Waals surface area (Å²) in [5, 5.41) is 0. The lowest BCUT2D eigenvalue weighted by molar-refractivity contribution is 0.395. The van der Waals surface area contributed by atoms with Crippen LogP contribution in [0.15, 0.2) is 23.1 Å². The van der Waals surface area contributed by atoms with E-state index in [0.29, 0.717) is 23.7 Å². The summed E-state index contributed by atoms with van der Waals surface area (Å²) in [6.45, 7) is 7.30. The lowest BCUT2D eigenvalue weighted by Gasteiger charge is -2.22. The van der Waals surface area contributed by atoms with E-state index in [-0.39, 0.29) is 0 Å². The minimum atomic E-state index is -3.44. The molecule has 0 aliphatic heterocycles. The van der Waals surface area contributed by atoms with Crippen LogP contribution < -0.4 is 5.73 Å². The van der Waals surface area contributed by atoms with Crippen molar-refractivity contribution in [3.8, 4) is 0 Å². The first-order valence-electron chi connectivity index (χ1n) is 7.85. The second-order valence-corrected chi connectivity index (χ2v) is 7.26. The Morgan fingerprint density at radius 2 is 1.62 bits per heavy atom. The number of nitrogen functional groups attached to an aromatic ring is 1. The molecule has 5 heteroatoms. The number of sulfonamides is 1. The molecule has 0 atom stereocenters. The Balaban J connectivity index is 3.06. The van der Waals surface area contributed by atoms with Crippen molar-refractivity contribution in [3.63, 3.8) is 0 Å². The number of hydrogen-bond donors (Lipinski definition) is 1. The lowest BCUT2D eigenvalue weighted by atomic mass is 10.1. The standard InChI is InChI=1S/C16H28N2O2S/c1-4-7-11-18(12-8-5-2)21(19,20)15-10-9-14(6-3)16(17)13-15/h9-10,13H,4-8,11-12,17H2,1-3H3. The van der Waals surface area contributed by atoms with Crippen LogP contribution >= 0.6 is 0 Å². The molecule has 4 nitrogen and oxygen atoms in total. The summed E-state index contributed by atoms with van der Waals surface area (Å²) in [5.41, 5.74) is 7.49. The van der Waals surface area contributed by atoms with Gasteiger partial charge in [0.1, 0.15) is 0 Å². The van der Waals surface area contributed by atoms with Gasteiger partial charge in [0.05, 0.1) is 4.90 Å². The highest BCUT2D eigenvalue weighted by molar-refractivity contribution is 7.89. The number of anilines is 1. The van der Waals surface area contributed by atoms with Crippen LogP contribution in [0.5, 0.6) is 0 Å². The summed E-state index contributed by atoms with van der Waals surface area (Å²) < 4.78 is 27.1. The molecule has 2 N–H and O–H groups in total. The van der Waals surface area contributed by atoms with Crippen LogP contribution in [0.25, 0.3) is 0 Å². The zero-order chi connectivity index (χ0) is 15.9. The molecule has 0 unspecified atom stereocenters. The molecule has 0 heterocycles. The van der Waals surface area contributed by atoms with Gasteiger partial charge in [0.25, 0.3) is 0 Å². The highest BCUT2D eigenvalue weighted by Gasteiger charge is 2.23. The van der Waals surface area contributed by atoms with Gasteiger partial charge in [-0.3, -0.25) is 0 Å². The Hall–Kier alpha value is -1.07. The summed E-state index contributed by atoms with van der Waals surface area (Å²) in [4.78, 5) is 0.310. The molecule has 0 aliphatic carbocycles. The van der Waals surface area contributed by atoms with Crippen LogP contribution in [0, 0.1) is 0 Å². The highest BCUT2D eigenvalue weighted by atomic mass is 32.2. The predicted molar refractivity (Wildman–Crippen MR) is 88.8 cm³/mol. The van der Waals surface area contributed by atoms with E-state index < -0.39 is 10.0 Å². The Morgan fingerprint density at radius 3 is 2.05 bits per heavy atom. The summed E-state index contributed by atoms with van der Waals surface area (Å²) in [5.74, 6) is 0. The first kappa shape index (κ1) is 18.0. The van der Waals surface area contributed by atoms with Gasteiger partial charge in [-0.15, -0.1) is 0 Å². The maximum atomic E-state index is 12.8. The third kappa shape index (κ3) is 4.71. The number of hydrogen-bond acceptors (Lipinski definition) is 3. The predicted octanol–water partition coefficient (Wildman–Crippen LogP) is 3.42. The molecular weight excluding hydrogens is 284 g/mol. The Bertz CT molecular complexity index is 533. The van der Waals surface area contributed by atoms with E-state index in [1.807, 2.05) is 13.0 Å². The quantitative estimate of drug-likeness (QED) is 0.711. The highest BCUT2D eigenvalue weighted by Crippen LogP contribution is 2.22. The van der Waals surface area contributed by atoms with Crippen LogP contribution in [-0.2, 0) is 16.4 Å². The monoisotopic (exact) mass is 312 g/mol. The van der Waals surface area contributed by atoms with Gasteiger partial charge >= 0.3 is 0 Å². The van der Waals surface area contributed by atoms with Crippen LogP contribution in [-0.4, -0.2) is 25.8 Å². The smallest absolute Gasteiger partial charge is 0.243 e. The minimum absolute atomic E-state index is 0.310. The van der Waals surface area contributed by atoms with Crippen molar-refractivity contribution in [2.75, 3.05) is 18.8 Å². The first-order valence-corrected chi connectivity index (χ1v) is 9.29. The van der Waals surface area contributed by atoms with E-state index in [1.165, 1.54) is 0 Å². The van der Waals surface area contributed by atoms with Gasteiger partial charge in [-0.2, -0.15) is 4.31 Å². The Labute approximate surface area is 129 Å². The van der Waals surface area contributed by atoms with Crippen LogP contribution in [0.3, 0.4) is 0 Å². The van der Waals surface area contributed by atoms with Crippen molar-refractivity contribution < 1.29 is 8.42 Å². The number of unbranched alkanes of at least 4 members (excludes halogenated alkanes) is 2. The van der Waals surface area contributed by atoms with E-state index in [2.05, 4.69) is 13.8 Å². The average molecular weight is 312 g/mol. The minimum Gasteiger partial charge on any atom is -0.398 e. The molecule has 0 saturated heterocycles. The molecule has 0 bridgehead atoms. The van der Waals surface area contributed by atoms with Crippen molar-refractivity contribution in [2.24, 2.45) is 0 Å². The third-order valence-corrected chi connectivity index (χ3v) is 5.55. The molecule has 0 fully saturated rings. The second kappa shape index (κ2) is 8.39. The topological polar surface area (TPSA) is 63.4 Å². The molecule has 0 radical (unpaired) electrons. The van der Waals surface area contributed by atoms with Gasteiger partial charge < -0.3 is 5.73 Å². The third-order valence-electron chi connectivity index (χ3n) is 3.66. The molecule has 120 valence electrons. The van der Waals surface area contributed by atoms with Crippen LogP contribution in [0.2, 0.25) is 0 Å². The van der Waals surface area contributed by atoms with Gasteiger partial charge in [-0.25, -0.2) is 8.42 Å². The second-order valence-electron chi connectivity index (χ2n) is 5.33. The SMILES string of the molecule is CCCCN(CCCC)S(=O)(=O)c1ccc(CC)c(N)c1. The number of benzene rings is 1. The average Bonchev–Trinajstić information content (AvgIpc) is 2.47. The fraction of sp³-hybridized carbons (Fsp3) is 0.625.